The zero-order valence-corrected chi connectivity index (χ0v) is 12.0. The van der Waals surface area contributed by atoms with Crippen molar-refractivity contribution in [1.82, 2.24) is 4.98 Å². The molecule has 0 amide bonds. The van der Waals surface area contributed by atoms with Crippen LogP contribution in [0.5, 0.6) is 0 Å². The Morgan fingerprint density at radius 3 is 3.00 bits per heavy atom. The summed E-state index contributed by atoms with van der Waals surface area (Å²) in [5.41, 5.74) is 7.18. The molecule has 0 fully saturated rings. The van der Waals surface area contributed by atoms with Crippen LogP contribution in [0.25, 0.3) is 5.70 Å². The summed E-state index contributed by atoms with van der Waals surface area (Å²) in [6.45, 7) is 4.22. The number of rotatable bonds is 0. The molecule has 86 valence electrons. The number of fused-ring (bicyclic) bond motifs is 2. The van der Waals surface area contributed by atoms with Crippen LogP contribution in [0.15, 0.2) is 42.7 Å². The van der Waals surface area contributed by atoms with Gasteiger partial charge in [0.15, 0.2) is 0 Å². The first-order valence-electron chi connectivity index (χ1n) is 5.63. The predicted molar refractivity (Wildman–Crippen MR) is 78.9 cm³/mol. The molecule has 0 unspecified atom stereocenters. The predicted octanol–water partition coefficient (Wildman–Crippen LogP) is 4.29. The van der Waals surface area contributed by atoms with Crippen LogP contribution in [-0.2, 0) is 6.42 Å². The second-order valence-electron chi connectivity index (χ2n) is 4.41. The van der Waals surface area contributed by atoms with Crippen LogP contribution in [0.2, 0.25) is 0 Å². The average Bonchev–Trinajstić information content (AvgIpc) is 2.45. The van der Waals surface area contributed by atoms with Gasteiger partial charge in [-0.15, -0.1) is 0 Å². The number of aryl methyl sites for hydroxylation is 1. The molecule has 2 heterocycles. The van der Waals surface area contributed by atoms with E-state index < -0.39 is 0 Å². The summed E-state index contributed by atoms with van der Waals surface area (Å²) < 4.78 is 6.93. The molecule has 1 aromatic heterocycles. The molecule has 1 aliphatic carbocycles. The fourth-order valence-electron chi connectivity index (χ4n) is 2.14. The molecule has 0 saturated carbocycles. The average molecular weight is 336 g/mol. The Labute approximate surface area is 111 Å². The van der Waals surface area contributed by atoms with E-state index in [1.165, 1.54) is 16.7 Å². The van der Waals surface area contributed by atoms with Crippen molar-refractivity contribution in [2.45, 2.75) is 20.3 Å². The topological polar surface area (TPSA) is 25.2 Å². The van der Waals surface area contributed by atoms with Crippen molar-refractivity contribution in [2.75, 3.05) is 0 Å². The van der Waals surface area contributed by atoms with E-state index in [1.54, 1.807) is 0 Å². The quantitative estimate of drug-likeness (QED) is 0.649. The number of hydrogen-bond donors (Lipinski definition) is 0. The molecule has 17 heavy (non-hydrogen) atoms. The number of pyridine rings is 1. The van der Waals surface area contributed by atoms with Crippen LogP contribution in [0.1, 0.15) is 23.9 Å². The van der Waals surface area contributed by atoms with E-state index in [0.29, 0.717) is 0 Å². The maximum Gasteiger partial charge on any atom is 0.102 e. The third-order valence-corrected chi connectivity index (χ3v) is 4.36. The molecular formula is C14H13IN2. The van der Waals surface area contributed by atoms with Crippen LogP contribution in [-0.4, -0.2) is 4.98 Å². The van der Waals surface area contributed by atoms with Gasteiger partial charge in [-0.05, 0) is 42.1 Å². The number of nitrogens with zero attached hydrogens (tertiary/aromatic N) is 2. The molecule has 2 aliphatic rings. The summed E-state index contributed by atoms with van der Waals surface area (Å²) in [7, 11) is 0. The third-order valence-electron chi connectivity index (χ3n) is 2.92. The van der Waals surface area contributed by atoms with Crippen molar-refractivity contribution < 1.29 is 0 Å². The lowest BCUT2D eigenvalue weighted by Gasteiger charge is -2.09. The van der Waals surface area contributed by atoms with E-state index in [9.17, 15) is 0 Å². The Bertz CT molecular complexity index is 607. The largest absolute Gasteiger partial charge is 0.251 e. The van der Waals surface area contributed by atoms with E-state index in [0.717, 1.165) is 23.5 Å². The standard InChI is InChI=1S/C14H13IN2/c1-9-7-11-4-3-10(2)16-13(11)14-12(8-9)5-6-15-17-14/h3-6,8H,7H2,1-2H3. The highest BCUT2D eigenvalue weighted by Gasteiger charge is 2.17. The van der Waals surface area contributed by atoms with Crippen LogP contribution in [0.4, 0.5) is 0 Å². The maximum absolute atomic E-state index is 4.72. The van der Waals surface area contributed by atoms with Gasteiger partial charge in [-0.3, -0.25) is 4.98 Å². The van der Waals surface area contributed by atoms with Crippen molar-refractivity contribution >= 4 is 26.7 Å². The van der Waals surface area contributed by atoms with E-state index in [-0.39, 0.29) is 21.0 Å². The summed E-state index contributed by atoms with van der Waals surface area (Å²) in [4.78, 5) is 4.69. The fourth-order valence-corrected chi connectivity index (χ4v) is 3.64. The Hall–Kier alpha value is -1.10. The van der Waals surface area contributed by atoms with Gasteiger partial charge in [-0.25, -0.2) is 3.15 Å². The number of hydrogen-bond acceptors (Lipinski definition) is 2. The Morgan fingerprint density at radius 1 is 1.24 bits per heavy atom. The van der Waals surface area contributed by atoms with Crippen LogP contribution >= 0.6 is 21.0 Å². The smallest absolute Gasteiger partial charge is 0.102 e. The fraction of sp³-hybridized carbons (Fsp3) is 0.214. The minimum absolute atomic E-state index is 0.177. The summed E-state index contributed by atoms with van der Waals surface area (Å²) in [6.07, 6.45) is 5.44. The van der Waals surface area contributed by atoms with E-state index >= 15 is 0 Å². The highest BCUT2D eigenvalue weighted by atomic mass is 127. The Balaban J connectivity index is 2.30. The highest BCUT2D eigenvalue weighted by molar-refractivity contribution is 14.2. The van der Waals surface area contributed by atoms with Gasteiger partial charge >= 0.3 is 0 Å². The first-order chi connectivity index (χ1) is 8.24. The van der Waals surface area contributed by atoms with Crippen molar-refractivity contribution in [2.24, 2.45) is 3.15 Å². The molecule has 0 saturated heterocycles. The summed E-state index contributed by atoms with van der Waals surface area (Å²) in [6, 6.07) is 4.28. The lowest BCUT2D eigenvalue weighted by Crippen LogP contribution is -1.98. The van der Waals surface area contributed by atoms with Crippen molar-refractivity contribution in [3.05, 3.63) is 56.5 Å². The monoisotopic (exact) mass is 336 g/mol. The summed E-state index contributed by atoms with van der Waals surface area (Å²) in [5, 5.41) is 0. The molecule has 2 nitrogen and oxygen atoms in total. The SMILES string of the molecule is CC1=CC2=C(N=IC=C2)c2nc(C)ccc2C1. The van der Waals surface area contributed by atoms with Gasteiger partial charge in [-0.1, -0.05) is 17.7 Å². The molecule has 3 heteroatoms. The van der Waals surface area contributed by atoms with Crippen molar-refractivity contribution in [3.8, 4) is 0 Å². The van der Waals surface area contributed by atoms with Gasteiger partial charge < -0.3 is 0 Å². The molecular weight excluding hydrogens is 323 g/mol. The van der Waals surface area contributed by atoms with Gasteiger partial charge in [0.25, 0.3) is 0 Å². The zero-order chi connectivity index (χ0) is 11.8. The summed E-state index contributed by atoms with van der Waals surface area (Å²) in [5.74, 6) is 0. The molecule has 0 aromatic carbocycles. The zero-order valence-electron chi connectivity index (χ0n) is 9.87. The van der Waals surface area contributed by atoms with E-state index in [4.69, 9.17) is 8.13 Å². The van der Waals surface area contributed by atoms with Crippen LogP contribution in [0, 0.1) is 6.92 Å². The Morgan fingerprint density at radius 2 is 2.12 bits per heavy atom. The number of aromatic nitrogens is 1. The molecule has 0 N–H and O–H groups in total. The molecule has 0 bridgehead atoms. The number of allylic oxidation sites excluding steroid dienone is 4. The van der Waals surface area contributed by atoms with Gasteiger partial charge in [0.05, 0.1) is 5.69 Å². The van der Waals surface area contributed by atoms with Gasteiger partial charge in [-0.2, -0.15) is 0 Å². The molecule has 0 atom stereocenters. The lowest BCUT2D eigenvalue weighted by atomic mass is 10.1. The third kappa shape index (κ3) is 2.04. The van der Waals surface area contributed by atoms with Crippen molar-refractivity contribution in [1.29, 1.82) is 0 Å². The summed E-state index contributed by atoms with van der Waals surface area (Å²) >= 11 is -0.177. The second-order valence-corrected chi connectivity index (χ2v) is 6.17. The first-order valence-corrected chi connectivity index (χ1v) is 7.84. The minimum atomic E-state index is -0.177. The van der Waals surface area contributed by atoms with Crippen molar-refractivity contribution in [3.63, 3.8) is 0 Å². The highest BCUT2D eigenvalue weighted by Crippen LogP contribution is 2.34. The van der Waals surface area contributed by atoms with E-state index in [2.05, 4.69) is 35.3 Å². The van der Waals surface area contributed by atoms with Gasteiger partial charge in [0.2, 0.25) is 0 Å². The number of halogens is 1. The first kappa shape index (κ1) is 11.0. The van der Waals surface area contributed by atoms with E-state index in [1.807, 2.05) is 6.92 Å². The second kappa shape index (κ2) is 4.29. The normalized spacial score (nSPS) is 17.9. The van der Waals surface area contributed by atoms with Crippen LogP contribution < -0.4 is 0 Å². The van der Waals surface area contributed by atoms with Gasteiger partial charge in [0, 0.05) is 32.3 Å². The minimum Gasteiger partial charge on any atom is -0.251 e. The lowest BCUT2D eigenvalue weighted by molar-refractivity contribution is 1.07. The van der Waals surface area contributed by atoms with Gasteiger partial charge in [0.1, 0.15) is 5.70 Å². The molecule has 0 spiro atoms. The maximum atomic E-state index is 4.72. The molecule has 3 rings (SSSR count). The molecule has 0 radical (unpaired) electrons. The molecule has 1 aliphatic heterocycles. The Kier molecular flexibility index (Phi) is 2.78. The molecule has 1 aromatic rings. The van der Waals surface area contributed by atoms with Crippen LogP contribution in [0.3, 0.4) is 0 Å².